The Kier molecular flexibility index (Phi) is 5.68. The zero-order valence-electron chi connectivity index (χ0n) is 17.0. The third-order valence-corrected chi connectivity index (χ3v) is 5.75. The minimum Gasteiger partial charge on any atom is -0.497 e. The molecule has 1 aromatic heterocycles. The summed E-state index contributed by atoms with van der Waals surface area (Å²) in [6, 6.07) is 12.9. The fraction of sp³-hybridized carbons (Fsp3) is 0.304. The van der Waals surface area contributed by atoms with Crippen molar-refractivity contribution in [1.82, 2.24) is 15.2 Å². The van der Waals surface area contributed by atoms with Crippen LogP contribution in [0.5, 0.6) is 5.75 Å². The van der Waals surface area contributed by atoms with Crippen molar-refractivity contribution in [2.24, 2.45) is 0 Å². The maximum atomic E-state index is 13.0. The fourth-order valence-electron chi connectivity index (χ4n) is 4.06. The van der Waals surface area contributed by atoms with E-state index in [9.17, 15) is 9.59 Å². The Morgan fingerprint density at radius 3 is 2.70 bits per heavy atom. The number of nitrogens with one attached hydrogen (secondary N) is 2. The molecule has 30 heavy (non-hydrogen) atoms. The highest BCUT2D eigenvalue weighted by atomic mass is 35.5. The van der Waals surface area contributed by atoms with Gasteiger partial charge in [0.2, 0.25) is 0 Å². The first-order valence-electron chi connectivity index (χ1n) is 10.1. The van der Waals surface area contributed by atoms with E-state index in [1.165, 1.54) is 0 Å². The number of benzene rings is 2. The van der Waals surface area contributed by atoms with Crippen molar-refractivity contribution in [2.45, 2.75) is 25.8 Å². The van der Waals surface area contributed by atoms with Crippen LogP contribution in [-0.2, 0) is 16.0 Å². The van der Waals surface area contributed by atoms with E-state index in [1.807, 2.05) is 49.4 Å². The zero-order chi connectivity index (χ0) is 21.3. The van der Waals surface area contributed by atoms with Gasteiger partial charge in [0.1, 0.15) is 5.75 Å². The van der Waals surface area contributed by atoms with E-state index in [0.717, 1.165) is 39.9 Å². The standard InChI is InChI=1S/C23H24ClN3O3/c1-3-11-25-22(28)23(29)27-12-10-17-18-13-15(24)6-9-19(18)26-20(17)21(27)14-4-7-16(30-2)8-5-14/h4-9,13,21,26H,3,10-12H2,1-2H3,(H,25,28). The van der Waals surface area contributed by atoms with Crippen LogP contribution in [0.15, 0.2) is 42.5 Å². The molecule has 0 bridgehead atoms. The molecule has 1 unspecified atom stereocenters. The highest BCUT2D eigenvalue weighted by molar-refractivity contribution is 6.35. The summed E-state index contributed by atoms with van der Waals surface area (Å²) in [6.45, 7) is 2.87. The lowest BCUT2D eigenvalue weighted by atomic mass is 9.92. The number of aromatic nitrogens is 1. The maximum absolute atomic E-state index is 13.0. The van der Waals surface area contributed by atoms with Gasteiger partial charge in [0.15, 0.2) is 0 Å². The molecule has 2 N–H and O–H groups in total. The van der Waals surface area contributed by atoms with Gasteiger partial charge in [-0.25, -0.2) is 0 Å². The number of amides is 2. The maximum Gasteiger partial charge on any atom is 0.312 e. The van der Waals surface area contributed by atoms with Gasteiger partial charge in [-0.15, -0.1) is 0 Å². The van der Waals surface area contributed by atoms with Crippen LogP contribution in [0.1, 0.15) is 36.2 Å². The van der Waals surface area contributed by atoms with E-state index >= 15 is 0 Å². The predicted octanol–water partition coefficient (Wildman–Crippen LogP) is 3.83. The summed E-state index contributed by atoms with van der Waals surface area (Å²) in [5, 5.41) is 4.42. The van der Waals surface area contributed by atoms with Gasteiger partial charge < -0.3 is 19.9 Å². The van der Waals surface area contributed by atoms with E-state index in [1.54, 1.807) is 12.0 Å². The normalized spacial score (nSPS) is 15.7. The number of methoxy groups -OCH3 is 1. The summed E-state index contributed by atoms with van der Waals surface area (Å²) >= 11 is 6.23. The average Bonchev–Trinajstić information content (AvgIpc) is 3.14. The smallest absolute Gasteiger partial charge is 0.312 e. The Labute approximate surface area is 180 Å². The van der Waals surface area contributed by atoms with Gasteiger partial charge in [-0.05, 0) is 54.3 Å². The van der Waals surface area contributed by atoms with Crippen LogP contribution in [0.4, 0.5) is 0 Å². The number of nitrogens with zero attached hydrogens (tertiary/aromatic N) is 1. The number of hydrogen-bond donors (Lipinski definition) is 2. The highest BCUT2D eigenvalue weighted by Gasteiger charge is 2.36. The van der Waals surface area contributed by atoms with Gasteiger partial charge in [-0.3, -0.25) is 9.59 Å². The molecule has 7 heteroatoms. The second-order valence-electron chi connectivity index (χ2n) is 7.39. The quantitative estimate of drug-likeness (QED) is 0.624. The van der Waals surface area contributed by atoms with Gasteiger partial charge in [-0.2, -0.15) is 0 Å². The summed E-state index contributed by atoms with van der Waals surface area (Å²) < 4.78 is 5.28. The molecule has 6 nitrogen and oxygen atoms in total. The summed E-state index contributed by atoms with van der Waals surface area (Å²) in [6.07, 6.45) is 1.42. The Hall–Kier alpha value is -2.99. The monoisotopic (exact) mass is 425 g/mol. The molecule has 0 saturated heterocycles. The SMILES string of the molecule is CCCNC(=O)C(=O)N1CCc2c([nH]c3ccc(Cl)cc23)C1c1ccc(OC)cc1. The predicted molar refractivity (Wildman–Crippen MR) is 117 cm³/mol. The summed E-state index contributed by atoms with van der Waals surface area (Å²) in [4.78, 5) is 30.6. The molecule has 156 valence electrons. The molecule has 3 aromatic rings. The molecule has 0 radical (unpaired) electrons. The Bertz CT molecular complexity index is 1090. The van der Waals surface area contributed by atoms with Crippen LogP contribution in [0.2, 0.25) is 5.02 Å². The van der Waals surface area contributed by atoms with Crippen molar-refractivity contribution in [3.63, 3.8) is 0 Å². The Morgan fingerprint density at radius 2 is 2.00 bits per heavy atom. The molecular weight excluding hydrogens is 402 g/mol. The van der Waals surface area contributed by atoms with Gasteiger partial charge in [0.05, 0.1) is 13.2 Å². The van der Waals surface area contributed by atoms with Gasteiger partial charge >= 0.3 is 11.8 Å². The summed E-state index contributed by atoms with van der Waals surface area (Å²) in [5.74, 6) is -0.360. The third kappa shape index (κ3) is 3.63. The van der Waals surface area contributed by atoms with Gasteiger partial charge in [0.25, 0.3) is 0 Å². The van der Waals surface area contributed by atoms with Crippen molar-refractivity contribution in [3.05, 3.63) is 64.3 Å². The van der Waals surface area contributed by atoms with Crippen molar-refractivity contribution in [2.75, 3.05) is 20.2 Å². The molecule has 2 heterocycles. The third-order valence-electron chi connectivity index (χ3n) is 5.51. The van der Waals surface area contributed by atoms with Crippen LogP contribution >= 0.6 is 11.6 Å². The summed E-state index contributed by atoms with van der Waals surface area (Å²) in [7, 11) is 1.61. The van der Waals surface area contributed by atoms with Gasteiger partial charge in [0, 0.05) is 34.7 Å². The molecule has 0 aliphatic carbocycles. The van der Waals surface area contributed by atoms with Gasteiger partial charge in [-0.1, -0.05) is 30.7 Å². The van der Waals surface area contributed by atoms with E-state index in [0.29, 0.717) is 24.5 Å². The first-order valence-corrected chi connectivity index (χ1v) is 10.4. The van der Waals surface area contributed by atoms with Crippen LogP contribution in [-0.4, -0.2) is 41.9 Å². The number of carbonyl (C=O) groups excluding carboxylic acids is 2. The van der Waals surface area contributed by atoms with Crippen molar-refractivity contribution in [3.8, 4) is 5.75 Å². The molecule has 2 amide bonds. The number of H-pyrrole nitrogens is 1. The van der Waals surface area contributed by atoms with E-state index in [-0.39, 0.29) is 0 Å². The lowest BCUT2D eigenvalue weighted by molar-refractivity contribution is -0.147. The molecule has 4 rings (SSSR count). The molecule has 0 fully saturated rings. The van der Waals surface area contributed by atoms with Crippen molar-refractivity contribution >= 4 is 34.3 Å². The van der Waals surface area contributed by atoms with Crippen molar-refractivity contribution in [1.29, 1.82) is 0 Å². The number of ether oxygens (including phenoxy) is 1. The molecule has 1 aliphatic rings. The topological polar surface area (TPSA) is 74.4 Å². The number of fused-ring (bicyclic) bond motifs is 3. The number of aromatic amines is 1. The molecular formula is C23H24ClN3O3. The molecule has 0 spiro atoms. The number of hydrogen-bond acceptors (Lipinski definition) is 3. The van der Waals surface area contributed by atoms with E-state index in [2.05, 4.69) is 10.3 Å². The first-order chi connectivity index (χ1) is 14.5. The highest BCUT2D eigenvalue weighted by Crippen LogP contribution is 2.39. The first kappa shape index (κ1) is 20.3. The van der Waals surface area contributed by atoms with Crippen molar-refractivity contribution < 1.29 is 14.3 Å². The molecule has 1 aliphatic heterocycles. The minimum absolute atomic E-state index is 0.397. The second-order valence-corrected chi connectivity index (χ2v) is 7.82. The average molecular weight is 426 g/mol. The van der Waals surface area contributed by atoms with Crippen LogP contribution < -0.4 is 10.1 Å². The lowest BCUT2D eigenvalue weighted by Crippen LogP contribution is -2.47. The number of rotatable bonds is 4. The van der Waals surface area contributed by atoms with Crippen LogP contribution in [0.3, 0.4) is 0 Å². The minimum atomic E-state index is -0.571. The lowest BCUT2D eigenvalue weighted by Gasteiger charge is -2.35. The number of carbonyl (C=O) groups is 2. The molecule has 2 aromatic carbocycles. The Morgan fingerprint density at radius 1 is 1.23 bits per heavy atom. The van der Waals surface area contributed by atoms with Crippen LogP contribution in [0, 0.1) is 0 Å². The van der Waals surface area contributed by atoms with E-state index < -0.39 is 17.9 Å². The fourth-order valence-corrected chi connectivity index (χ4v) is 4.23. The van der Waals surface area contributed by atoms with Crippen LogP contribution in [0.25, 0.3) is 10.9 Å². The van der Waals surface area contributed by atoms with E-state index in [4.69, 9.17) is 16.3 Å². The molecule has 1 atom stereocenters. The second kappa shape index (κ2) is 8.40. The Balaban J connectivity index is 1.80. The summed E-state index contributed by atoms with van der Waals surface area (Å²) in [5.41, 5.74) is 3.92. The molecule has 0 saturated carbocycles. The zero-order valence-corrected chi connectivity index (χ0v) is 17.8. The largest absolute Gasteiger partial charge is 0.497 e. The number of halogens is 1.